The summed E-state index contributed by atoms with van der Waals surface area (Å²) in [5.41, 5.74) is 5.69. The van der Waals surface area contributed by atoms with Gasteiger partial charge in [0.1, 0.15) is 24.2 Å². The van der Waals surface area contributed by atoms with E-state index in [0.717, 1.165) is 29.9 Å². The number of fused-ring (bicyclic) bond motifs is 3. The van der Waals surface area contributed by atoms with E-state index in [1.807, 2.05) is 30.0 Å². The van der Waals surface area contributed by atoms with E-state index >= 15 is 0 Å². The van der Waals surface area contributed by atoms with Gasteiger partial charge in [0.15, 0.2) is 5.84 Å². The molecule has 3 aliphatic heterocycles. The van der Waals surface area contributed by atoms with Crippen LogP contribution in [-0.4, -0.2) is 37.0 Å². The van der Waals surface area contributed by atoms with E-state index in [2.05, 4.69) is 35.3 Å². The topological polar surface area (TPSA) is 57.2 Å². The van der Waals surface area contributed by atoms with Gasteiger partial charge >= 0.3 is 0 Å². The van der Waals surface area contributed by atoms with Gasteiger partial charge in [-0.3, -0.25) is 4.79 Å². The number of nitrogens with one attached hydrogen (secondary N) is 1. The lowest BCUT2D eigenvalue weighted by atomic mass is 9.92. The predicted octanol–water partition coefficient (Wildman–Crippen LogP) is 4.15. The molecule has 0 unspecified atom stereocenters. The number of hydrogen-bond donors (Lipinski definition) is 1. The van der Waals surface area contributed by atoms with Crippen molar-refractivity contribution < 1.29 is 13.9 Å². The fourth-order valence-electron chi connectivity index (χ4n) is 4.82. The summed E-state index contributed by atoms with van der Waals surface area (Å²) < 4.78 is 20.9. The van der Waals surface area contributed by atoms with Crippen molar-refractivity contribution in [2.24, 2.45) is 11.0 Å². The van der Waals surface area contributed by atoms with Crippen molar-refractivity contribution >= 4 is 23.1 Å². The third-order valence-corrected chi connectivity index (χ3v) is 6.62. The van der Waals surface area contributed by atoms with Gasteiger partial charge in [-0.15, -0.1) is 0 Å². The molecule has 1 saturated heterocycles. The molecule has 3 aliphatic rings. The van der Waals surface area contributed by atoms with Crippen LogP contribution in [0.3, 0.4) is 0 Å². The van der Waals surface area contributed by atoms with Crippen LogP contribution in [0.25, 0.3) is 11.1 Å². The van der Waals surface area contributed by atoms with E-state index in [1.165, 1.54) is 12.5 Å². The van der Waals surface area contributed by atoms with Gasteiger partial charge in [0.25, 0.3) is 5.91 Å². The van der Waals surface area contributed by atoms with Crippen LogP contribution in [0.5, 0.6) is 5.75 Å². The van der Waals surface area contributed by atoms with Crippen molar-refractivity contribution in [1.82, 2.24) is 5.43 Å². The number of halogens is 1. The van der Waals surface area contributed by atoms with Gasteiger partial charge in [-0.1, -0.05) is 25.1 Å². The molecule has 3 atom stereocenters. The van der Waals surface area contributed by atoms with Crippen LogP contribution in [0.1, 0.15) is 33.6 Å². The van der Waals surface area contributed by atoms with E-state index in [9.17, 15) is 9.18 Å². The van der Waals surface area contributed by atoms with E-state index in [4.69, 9.17) is 4.74 Å². The Balaban J connectivity index is 1.71. The minimum absolute atomic E-state index is 0.156. The summed E-state index contributed by atoms with van der Waals surface area (Å²) in [7, 11) is 0. The molecular weight excluding hydrogens is 395 g/mol. The van der Waals surface area contributed by atoms with E-state index in [-0.39, 0.29) is 18.3 Å². The summed E-state index contributed by atoms with van der Waals surface area (Å²) in [6.07, 6.45) is 2.27. The number of anilines is 2. The number of nitrogens with zero attached hydrogens (tertiary/aromatic N) is 3. The van der Waals surface area contributed by atoms with E-state index in [1.54, 1.807) is 6.07 Å². The lowest BCUT2D eigenvalue weighted by molar-refractivity contribution is -0.122. The standard InChI is InChI=1S/C24H27FN4O2/c1-14-8-9-15(2)28(12-14)20-11-21-22(10-18(20)17-6-4-5-7-19(17)25)31-13-23-26-27-24(30)16(3)29(21)23/h4-7,10-11,14-16H,8-9,12-13H2,1-3H3,(H,27,30)/t14-,15-,16+/m1/s1. The molecule has 2 aromatic rings. The Morgan fingerprint density at radius 2 is 1.90 bits per heavy atom. The Morgan fingerprint density at radius 3 is 2.71 bits per heavy atom. The summed E-state index contributed by atoms with van der Waals surface area (Å²) >= 11 is 0. The first kappa shape index (κ1) is 19.8. The van der Waals surface area contributed by atoms with Crippen molar-refractivity contribution in [1.29, 1.82) is 0 Å². The van der Waals surface area contributed by atoms with E-state index in [0.29, 0.717) is 29.1 Å². The molecule has 7 heteroatoms. The monoisotopic (exact) mass is 422 g/mol. The van der Waals surface area contributed by atoms with Crippen molar-refractivity contribution in [3.63, 3.8) is 0 Å². The number of amidine groups is 1. The molecule has 0 spiro atoms. The van der Waals surface area contributed by atoms with Crippen LogP contribution in [-0.2, 0) is 4.79 Å². The molecule has 0 aliphatic carbocycles. The maximum Gasteiger partial charge on any atom is 0.262 e. The molecule has 0 bridgehead atoms. The molecule has 0 radical (unpaired) electrons. The maximum absolute atomic E-state index is 14.9. The SMILES string of the molecule is C[C@@H]1CC[C@@H](C)N(c2cc3c(cc2-c2ccccc2F)OCC2=NNC(=O)[C@H](C)N23)C1. The second-order valence-corrected chi connectivity index (χ2v) is 8.84. The second kappa shape index (κ2) is 7.55. The number of carbonyl (C=O) groups excluding carboxylic acids is 1. The summed E-state index contributed by atoms with van der Waals surface area (Å²) in [5.74, 6) is 1.44. The maximum atomic E-state index is 14.9. The molecule has 1 N–H and O–H groups in total. The van der Waals surface area contributed by atoms with Crippen LogP contribution in [0.4, 0.5) is 15.8 Å². The highest BCUT2D eigenvalue weighted by Gasteiger charge is 2.37. The first-order chi connectivity index (χ1) is 14.9. The van der Waals surface area contributed by atoms with Gasteiger partial charge in [0.05, 0.1) is 5.69 Å². The molecule has 0 saturated carbocycles. The van der Waals surface area contributed by atoms with Crippen molar-refractivity contribution in [3.05, 3.63) is 42.2 Å². The zero-order valence-electron chi connectivity index (χ0n) is 18.1. The van der Waals surface area contributed by atoms with E-state index < -0.39 is 6.04 Å². The van der Waals surface area contributed by atoms with Crippen molar-refractivity contribution in [3.8, 4) is 16.9 Å². The minimum Gasteiger partial charge on any atom is -0.483 e. The zero-order valence-corrected chi connectivity index (χ0v) is 18.1. The van der Waals surface area contributed by atoms with Crippen LogP contribution in [0.2, 0.25) is 0 Å². The molecule has 162 valence electrons. The summed E-state index contributed by atoms with van der Waals surface area (Å²) in [6, 6.07) is 10.8. The molecule has 0 aromatic heterocycles. The Morgan fingerprint density at radius 1 is 1.10 bits per heavy atom. The fraction of sp³-hybridized carbons (Fsp3) is 0.417. The normalized spacial score (nSPS) is 25.2. The second-order valence-electron chi connectivity index (χ2n) is 8.84. The van der Waals surface area contributed by atoms with Crippen LogP contribution < -0.4 is 20.0 Å². The Labute approximate surface area is 181 Å². The van der Waals surface area contributed by atoms with Gasteiger partial charge < -0.3 is 14.5 Å². The van der Waals surface area contributed by atoms with Crippen LogP contribution >= 0.6 is 0 Å². The summed E-state index contributed by atoms with van der Waals surface area (Å²) in [5, 5.41) is 4.19. The molecule has 6 nitrogen and oxygen atoms in total. The largest absolute Gasteiger partial charge is 0.483 e. The van der Waals surface area contributed by atoms with Gasteiger partial charge in [0.2, 0.25) is 0 Å². The number of benzene rings is 2. The number of ether oxygens (including phenoxy) is 1. The Kier molecular flexibility index (Phi) is 4.84. The quantitative estimate of drug-likeness (QED) is 0.790. The Hall–Kier alpha value is -3.09. The average molecular weight is 423 g/mol. The van der Waals surface area contributed by atoms with Gasteiger partial charge in [-0.2, -0.15) is 5.10 Å². The highest BCUT2D eigenvalue weighted by molar-refractivity contribution is 6.10. The molecule has 1 fully saturated rings. The molecule has 3 heterocycles. The zero-order chi connectivity index (χ0) is 21.7. The number of piperidine rings is 1. The first-order valence-corrected chi connectivity index (χ1v) is 10.9. The third-order valence-electron chi connectivity index (χ3n) is 6.62. The van der Waals surface area contributed by atoms with Crippen LogP contribution in [0.15, 0.2) is 41.5 Å². The molecule has 2 aromatic carbocycles. The molecule has 1 amide bonds. The Bertz CT molecular complexity index is 1070. The molecule has 31 heavy (non-hydrogen) atoms. The number of rotatable bonds is 2. The first-order valence-electron chi connectivity index (χ1n) is 10.9. The minimum atomic E-state index is -0.403. The van der Waals surface area contributed by atoms with Gasteiger partial charge in [0, 0.05) is 29.4 Å². The summed E-state index contributed by atoms with van der Waals surface area (Å²) in [4.78, 5) is 16.6. The van der Waals surface area contributed by atoms with Gasteiger partial charge in [-0.25, -0.2) is 9.82 Å². The predicted molar refractivity (Wildman–Crippen MR) is 120 cm³/mol. The molecule has 5 rings (SSSR count). The number of amides is 1. The van der Waals surface area contributed by atoms with Crippen LogP contribution in [0, 0.1) is 11.7 Å². The molecular formula is C24H27FN4O2. The highest BCUT2D eigenvalue weighted by Crippen LogP contribution is 2.45. The smallest absolute Gasteiger partial charge is 0.262 e. The summed E-state index contributed by atoms with van der Waals surface area (Å²) in [6.45, 7) is 7.49. The third kappa shape index (κ3) is 3.32. The van der Waals surface area contributed by atoms with Gasteiger partial charge in [-0.05, 0) is 50.8 Å². The lowest BCUT2D eigenvalue weighted by Crippen LogP contribution is -2.55. The van der Waals surface area contributed by atoms with Crippen molar-refractivity contribution in [2.75, 3.05) is 23.0 Å². The van der Waals surface area contributed by atoms with Crippen molar-refractivity contribution in [2.45, 2.75) is 45.7 Å². The average Bonchev–Trinajstić information content (AvgIpc) is 2.77. The highest BCUT2D eigenvalue weighted by atomic mass is 19.1. The number of hydrogen-bond acceptors (Lipinski definition) is 5. The number of hydrazone groups is 1. The fourth-order valence-corrected chi connectivity index (χ4v) is 4.82. The lowest BCUT2D eigenvalue weighted by Gasteiger charge is -2.42. The number of carbonyl (C=O) groups is 1.